The average Bonchev–Trinajstić information content (AvgIpc) is 2.61. The van der Waals surface area contributed by atoms with E-state index in [0.29, 0.717) is 21.4 Å². The second-order valence-electron chi connectivity index (χ2n) is 5.23. The highest BCUT2D eigenvalue weighted by Gasteiger charge is 2.38. The largest absolute Gasteiger partial charge is 0.618 e. The molecule has 0 saturated carbocycles. The first-order valence-electron chi connectivity index (χ1n) is 6.89. The van der Waals surface area contributed by atoms with E-state index in [1.807, 2.05) is 6.07 Å². The molecule has 0 N–H and O–H groups in total. The van der Waals surface area contributed by atoms with Gasteiger partial charge in [-0.25, -0.2) is 8.78 Å². The lowest BCUT2D eigenvalue weighted by Gasteiger charge is -2.32. The van der Waals surface area contributed by atoms with Crippen LogP contribution in [0.5, 0.6) is 5.75 Å². The van der Waals surface area contributed by atoms with Crippen LogP contribution in [0.25, 0.3) is 5.57 Å². The fourth-order valence-electron chi connectivity index (χ4n) is 2.50. The predicted molar refractivity (Wildman–Crippen MR) is 78.9 cm³/mol. The maximum Gasteiger partial charge on any atom is 0.224 e. The molecule has 0 fully saturated rings. The zero-order chi connectivity index (χ0) is 16.4. The third kappa shape index (κ3) is 2.50. The number of alkyl halides is 2. The van der Waals surface area contributed by atoms with Crippen LogP contribution in [0.2, 0.25) is 0 Å². The van der Waals surface area contributed by atoms with E-state index < -0.39 is 19.0 Å². The maximum atomic E-state index is 13.4. The zero-order valence-electron chi connectivity index (χ0n) is 12.0. The van der Waals surface area contributed by atoms with E-state index in [4.69, 9.17) is 10.00 Å². The normalized spacial score (nSPS) is 15.1. The molecule has 1 aromatic carbocycles. The molecular weight excluding hydrogens is 302 g/mol. The van der Waals surface area contributed by atoms with Crippen molar-refractivity contribution in [3.8, 4) is 11.8 Å². The molecule has 0 atom stereocenters. The van der Waals surface area contributed by atoms with Crippen molar-refractivity contribution in [2.24, 2.45) is 0 Å². The van der Waals surface area contributed by atoms with Gasteiger partial charge in [-0.05, 0) is 30.3 Å². The van der Waals surface area contributed by atoms with Crippen LogP contribution < -0.4 is 9.47 Å². The molecule has 0 radical (unpaired) electrons. The maximum absolute atomic E-state index is 13.4. The van der Waals surface area contributed by atoms with Crippen molar-refractivity contribution in [1.82, 2.24) is 0 Å². The monoisotopic (exact) mass is 314 g/mol. The van der Waals surface area contributed by atoms with Crippen LogP contribution in [-0.4, -0.2) is 19.0 Å². The number of halogens is 2. The zero-order valence-corrected chi connectivity index (χ0v) is 12.0. The van der Waals surface area contributed by atoms with Crippen LogP contribution >= 0.6 is 0 Å². The molecule has 6 heteroatoms. The van der Waals surface area contributed by atoms with Crippen molar-refractivity contribution >= 4 is 5.57 Å². The summed E-state index contributed by atoms with van der Waals surface area (Å²) in [6, 6.07) is 11.3. The van der Waals surface area contributed by atoms with Crippen LogP contribution in [0.4, 0.5) is 8.78 Å². The molecule has 2 aromatic rings. The van der Waals surface area contributed by atoms with Gasteiger partial charge in [0.1, 0.15) is 19.1 Å². The Morgan fingerprint density at radius 2 is 2.00 bits per heavy atom. The Morgan fingerprint density at radius 1 is 1.22 bits per heavy atom. The second-order valence-corrected chi connectivity index (χ2v) is 5.23. The van der Waals surface area contributed by atoms with E-state index in [1.165, 1.54) is 30.5 Å². The van der Waals surface area contributed by atoms with E-state index in [2.05, 4.69) is 0 Å². The lowest BCUT2D eigenvalue weighted by molar-refractivity contribution is -0.608. The van der Waals surface area contributed by atoms with E-state index >= 15 is 0 Å². The summed E-state index contributed by atoms with van der Waals surface area (Å²) < 4.78 is 32.9. The molecule has 4 nitrogen and oxygen atoms in total. The molecule has 3 rings (SSSR count). The van der Waals surface area contributed by atoms with Gasteiger partial charge in [-0.15, -0.1) is 0 Å². The van der Waals surface area contributed by atoms with Crippen molar-refractivity contribution in [3.05, 3.63) is 70.7 Å². The number of hydrogen-bond acceptors (Lipinski definition) is 3. The van der Waals surface area contributed by atoms with Gasteiger partial charge in [0.15, 0.2) is 11.8 Å². The summed E-state index contributed by atoms with van der Waals surface area (Å²) in [4.78, 5) is 0. The summed E-state index contributed by atoms with van der Waals surface area (Å²) in [6.45, 7) is -2.14. The predicted octanol–water partition coefficient (Wildman–Crippen LogP) is 2.69. The number of ether oxygens (including phenoxy) is 1. The molecule has 0 bridgehead atoms. The Morgan fingerprint density at radius 3 is 2.65 bits per heavy atom. The van der Waals surface area contributed by atoms with Gasteiger partial charge in [0.2, 0.25) is 5.69 Å². The van der Waals surface area contributed by atoms with Crippen molar-refractivity contribution < 1.29 is 18.2 Å². The molecular formula is C17H12F2N2O2. The number of benzene rings is 1. The number of fused-ring (bicyclic) bond motifs is 1. The van der Waals surface area contributed by atoms with Gasteiger partial charge in [-0.1, -0.05) is 0 Å². The minimum Gasteiger partial charge on any atom is -0.618 e. The first-order chi connectivity index (χ1) is 11.1. The van der Waals surface area contributed by atoms with Crippen molar-refractivity contribution in [2.45, 2.75) is 5.60 Å². The van der Waals surface area contributed by atoms with Crippen molar-refractivity contribution in [2.75, 3.05) is 13.3 Å². The molecule has 23 heavy (non-hydrogen) atoms. The van der Waals surface area contributed by atoms with Crippen LogP contribution in [-0.2, 0) is 0 Å². The van der Waals surface area contributed by atoms with Crippen LogP contribution in [0.15, 0.2) is 48.7 Å². The van der Waals surface area contributed by atoms with E-state index in [9.17, 15) is 14.0 Å². The highest BCUT2D eigenvalue weighted by molar-refractivity contribution is 5.83. The van der Waals surface area contributed by atoms with Gasteiger partial charge >= 0.3 is 0 Å². The van der Waals surface area contributed by atoms with Crippen molar-refractivity contribution in [3.63, 3.8) is 0 Å². The standard InChI is InChI=1S/C17H12F2N2O2/c18-10-17(11-19)8-14(15-3-1-2-6-21(15)22)13-7-12(9-20)4-5-16(13)23-17/h1-8H,10-11H2. The molecule has 1 aliphatic rings. The number of nitrogens with zero attached hydrogens (tertiary/aromatic N) is 2. The lowest BCUT2D eigenvalue weighted by Crippen LogP contribution is -2.42. The number of pyridine rings is 1. The minimum absolute atomic E-state index is 0.235. The van der Waals surface area contributed by atoms with Gasteiger partial charge < -0.3 is 9.94 Å². The Labute approximate surface area is 131 Å². The molecule has 0 amide bonds. The molecule has 2 heterocycles. The Hall–Kier alpha value is -2.94. The Balaban J connectivity index is 2.27. The third-order valence-corrected chi connectivity index (χ3v) is 3.67. The molecule has 0 saturated heterocycles. The second kappa shape index (κ2) is 5.69. The first kappa shape index (κ1) is 15.0. The summed E-state index contributed by atoms with van der Waals surface area (Å²) >= 11 is 0. The number of rotatable bonds is 3. The minimum atomic E-state index is -1.76. The van der Waals surface area contributed by atoms with Gasteiger partial charge in [0, 0.05) is 17.7 Å². The topological polar surface area (TPSA) is 60.0 Å². The summed E-state index contributed by atoms with van der Waals surface area (Å²) in [5.41, 5.74) is -0.371. The van der Waals surface area contributed by atoms with Gasteiger partial charge in [-0.2, -0.15) is 9.99 Å². The van der Waals surface area contributed by atoms with E-state index in [-0.39, 0.29) is 11.4 Å². The fourth-order valence-corrected chi connectivity index (χ4v) is 2.50. The molecule has 1 aromatic heterocycles. The Kier molecular flexibility index (Phi) is 3.70. The SMILES string of the molecule is N#Cc1ccc2c(c1)C(c1cccc[n+]1[O-])=CC(CF)(CF)O2. The lowest BCUT2D eigenvalue weighted by atomic mass is 9.90. The fraction of sp³-hybridized carbons (Fsp3) is 0.176. The molecule has 1 aliphatic heterocycles. The van der Waals surface area contributed by atoms with E-state index in [0.717, 1.165) is 0 Å². The highest BCUT2D eigenvalue weighted by atomic mass is 19.1. The Bertz CT molecular complexity index is 824. The van der Waals surface area contributed by atoms with Crippen LogP contribution in [0.1, 0.15) is 16.8 Å². The quantitative estimate of drug-likeness (QED) is 0.646. The van der Waals surface area contributed by atoms with Crippen molar-refractivity contribution in [1.29, 1.82) is 5.26 Å². The third-order valence-electron chi connectivity index (χ3n) is 3.67. The van der Waals surface area contributed by atoms with Gasteiger partial charge in [0.25, 0.3) is 0 Å². The number of nitriles is 1. The summed E-state index contributed by atoms with van der Waals surface area (Å²) in [5.74, 6) is 0.237. The van der Waals surface area contributed by atoms with Crippen LogP contribution in [0, 0.1) is 16.5 Å². The molecule has 116 valence electrons. The highest BCUT2D eigenvalue weighted by Crippen LogP contribution is 2.39. The van der Waals surface area contributed by atoms with E-state index in [1.54, 1.807) is 18.2 Å². The summed E-state index contributed by atoms with van der Waals surface area (Å²) in [5, 5.41) is 21.1. The summed E-state index contributed by atoms with van der Waals surface area (Å²) in [7, 11) is 0. The van der Waals surface area contributed by atoms with Crippen LogP contribution in [0.3, 0.4) is 0 Å². The molecule has 0 aliphatic carbocycles. The van der Waals surface area contributed by atoms with Gasteiger partial charge in [-0.3, -0.25) is 0 Å². The first-order valence-corrected chi connectivity index (χ1v) is 6.89. The van der Waals surface area contributed by atoms with Gasteiger partial charge in [0.05, 0.1) is 17.2 Å². The summed E-state index contributed by atoms with van der Waals surface area (Å²) in [6.07, 6.45) is 2.58. The molecule has 0 unspecified atom stereocenters. The number of hydrogen-bond donors (Lipinski definition) is 0. The average molecular weight is 314 g/mol. The molecule has 0 spiro atoms. The number of aromatic nitrogens is 1. The smallest absolute Gasteiger partial charge is 0.224 e.